The summed E-state index contributed by atoms with van der Waals surface area (Å²) in [6, 6.07) is 0. The highest BCUT2D eigenvalue weighted by Gasteiger charge is 2.56. The van der Waals surface area contributed by atoms with Crippen LogP contribution in [-0.2, 0) is 17.6 Å². The van der Waals surface area contributed by atoms with Crippen LogP contribution in [0.25, 0.3) is 0 Å². The van der Waals surface area contributed by atoms with Crippen molar-refractivity contribution in [3.63, 3.8) is 0 Å². The summed E-state index contributed by atoms with van der Waals surface area (Å²) in [6.45, 7) is 4.20. The van der Waals surface area contributed by atoms with Gasteiger partial charge in [-0.3, -0.25) is 4.79 Å². The smallest absolute Gasteiger partial charge is 0.248 e. The highest BCUT2D eigenvalue weighted by molar-refractivity contribution is 7.15. The average molecular weight is 356 g/mol. The van der Waals surface area contributed by atoms with Crippen molar-refractivity contribution in [2.24, 2.45) is 11.3 Å². The van der Waals surface area contributed by atoms with Gasteiger partial charge in [0.15, 0.2) is 5.13 Å². The molecule has 1 amide bonds. The first kappa shape index (κ1) is 17.8. The van der Waals surface area contributed by atoms with Gasteiger partial charge in [-0.15, -0.1) is 11.3 Å². The molecule has 6 heteroatoms. The van der Waals surface area contributed by atoms with E-state index in [1.165, 1.54) is 16.2 Å². The van der Waals surface area contributed by atoms with Gasteiger partial charge in [0, 0.05) is 17.7 Å². The molecule has 1 aromatic heterocycles. The van der Waals surface area contributed by atoms with Gasteiger partial charge in [0.25, 0.3) is 0 Å². The van der Waals surface area contributed by atoms with Gasteiger partial charge in [-0.05, 0) is 38.0 Å². The molecule has 3 rings (SSSR count). The minimum Gasteiger partial charge on any atom is -0.301 e. The lowest BCUT2D eigenvalue weighted by atomic mass is 9.66. The zero-order valence-electron chi connectivity index (χ0n) is 14.5. The Kier molecular flexibility index (Phi) is 4.96. The number of amides is 1. The zero-order valence-corrected chi connectivity index (χ0v) is 15.3. The van der Waals surface area contributed by atoms with E-state index >= 15 is 0 Å². The van der Waals surface area contributed by atoms with Crippen molar-refractivity contribution >= 4 is 22.4 Å². The van der Waals surface area contributed by atoms with Crippen LogP contribution in [0.4, 0.5) is 13.9 Å². The number of halogens is 2. The first-order chi connectivity index (χ1) is 11.4. The Balaban J connectivity index is 1.77. The van der Waals surface area contributed by atoms with Gasteiger partial charge in [0.2, 0.25) is 11.8 Å². The molecule has 3 nitrogen and oxygen atoms in total. The molecule has 0 aliphatic heterocycles. The van der Waals surface area contributed by atoms with E-state index in [0.29, 0.717) is 11.6 Å². The number of fused-ring (bicyclic) bond motifs is 1. The van der Waals surface area contributed by atoms with Crippen LogP contribution in [0.1, 0.15) is 69.4 Å². The third kappa shape index (κ3) is 3.22. The van der Waals surface area contributed by atoms with Crippen LogP contribution in [0.2, 0.25) is 0 Å². The Labute approximate surface area is 146 Å². The molecule has 1 aromatic rings. The quantitative estimate of drug-likeness (QED) is 0.787. The second-order valence-corrected chi connectivity index (χ2v) is 8.34. The van der Waals surface area contributed by atoms with Gasteiger partial charge in [-0.1, -0.05) is 26.7 Å². The number of hydrogen-bond acceptors (Lipinski definition) is 3. The highest BCUT2D eigenvalue weighted by atomic mass is 32.1. The lowest BCUT2D eigenvalue weighted by Gasteiger charge is -2.41. The molecule has 0 spiro atoms. The summed E-state index contributed by atoms with van der Waals surface area (Å²) in [5, 5.41) is 3.61. The second kappa shape index (κ2) is 6.70. The molecule has 0 aromatic carbocycles. The van der Waals surface area contributed by atoms with Gasteiger partial charge in [-0.25, -0.2) is 13.8 Å². The largest absolute Gasteiger partial charge is 0.301 e. The van der Waals surface area contributed by atoms with E-state index in [1.807, 2.05) is 0 Å². The van der Waals surface area contributed by atoms with Gasteiger partial charge >= 0.3 is 0 Å². The van der Waals surface area contributed by atoms with Crippen LogP contribution in [0.3, 0.4) is 0 Å². The Hall–Kier alpha value is -1.04. The minimum atomic E-state index is -2.61. The molecule has 2 unspecified atom stereocenters. The topological polar surface area (TPSA) is 42.0 Å². The fourth-order valence-electron chi connectivity index (χ4n) is 4.42. The van der Waals surface area contributed by atoms with E-state index in [2.05, 4.69) is 24.1 Å². The molecule has 2 atom stereocenters. The molecule has 24 heavy (non-hydrogen) atoms. The summed E-state index contributed by atoms with van der Waals surface area (Å²) < 4.78 is 27.5. The van der Waals surface area contributed by atoms with Crippen LogP contribution in [0.15, 0.2) is 0 Å². The minimum absolute atomic E-state index is 0.0834. The van der Waals surface area contributed by atoms with Crippen molar-refractivity contribution < 1.29 is 13.6 Å². The van der Waals surface area contributed by atoms with Crippen LogP contribution >= 0.6 is 11.3 Å². The first-order valence-electron chi connectivity index (χ1n) is 9.08. The zero-order chi connectivity index (χ0) is 17.4. The van der Waals surface area contributed by atoms with Gasteiger partial charge in [0.05, 0.1) is 11.1 Å². The number of alkyl halides is 2. The Bertz CT molecular complexity index is 616. The molecule has 1 N–H and O–H groups in total. The van der Waals surface area contributed by atoms with Gasteiger partial charge < -0.3 is 5.32 Å². The van der Waals surface area contributed by atoms with E-state index in [-0.39, 0.29) is 24.7 Å². The maximum absolute atomic E-state index is 13.7. The van der Waals surface area contributed by atoms with Crippen molar-refractivity contribution in [2.75, 3.05) is 5.32 Å². The number of nitrogens with one attached hydrogen (secondary N) is 1. The second-order valence-electron chi connectivity index (χ2n) is 7.25. The molecule has 2 aliphatic carbocycles. The Morgan fingerprint density at radius 3 is 2.83 bits per heavy atom. The van der Waals surface area contributed by atoms with Crippen molar-refractivity contribution in [2.45, 2.75) is 77.6 Å². The van der Waals surface area contributed by atoms with E-state index in [9.17, 15) is 13.6 Å². The van der Waals surface area contributed by atoms with Crippen LogP contribution in [-0.4, -0.2) is 16.8 Å². The van der Waals surface area contributed by atoms with E-state index in [4.69, 9.17) is 0 Å². The summed E-state index contributed by atoms with van der Waals surface area (Å²) >= 11 is 1.53. The fraction of sp³-hybridized carbons (Fsp3) is 0.778. The number of thiazole rings is 1. The third-order valence-corrected chi connectivity index (χ3v) is 6.86. The van der Waals surface area contributed by atoms with Crippen LogP contribution in [0.5, 0.6) is 0 Å². The standard InChI is InChI=1S/C18H26F2N2OS/c1-3-6-13-14(4-2)24-16(21-13)22-15(23)17-8-5-7-12(17)11-18(19,20)10-9-17/h12H,3-11H2,1-2H3,(H,21,22,23). The molecule has 0 radical (unpaired) electrons. The third-order valence-electron chi connectivity index (χ3n) is 5.70. The number of aromatic nitrogens is 1. The molecule has 0 saturated heterocycles. The van der Waals surface area contributed by atoms with E-state index < -0.39 is 11.3 Å². The van der Waals surface area contributed by atoms with E-state index in [0.717, 1.165) is 44.2 Å². The molecular weight excluding hydrogens is 330 g/mol. The maximum Gasteiger partial charge on any atom is 0.248 e. The molecule has 134 valence electrons. The molecule has 2 fully saturated rings. The first-order valence-corrected chi connectivity index (χ1v) is 9.89. The van der Waals surface area contributed by atoms with Crippen LogP contribution in [0, 0.1) is 11.3 Å². The number of rotatable bonds is 5. The molecule has 2 saturated carbocycles. The summed E-state index contributed by atoms with van der Waals surface area (Å²) in [6.07, 6.45) is 5.16. The van der Waals surface area contributed by atoms with Crippen molar-refractivity contribution in [1.29, 1.82) is 0 Å². The fourth-order valence-corrected chi connectivity index (χ4v) is 5.36. The average Bonchev–Trinajstić information content (AvgIpc) is 3.10. The monoisotopic (exact) mass is 356 g/mol. The van der Waals surface area contributed by atoms with E-state index in [1.54, 1.807) is 0 Å². The Morgan fingerprint density at radius 1 is 1.33 bits per heavy atom. The van der Waals surface area contributed by atoms with Gasteiger partial charge in [0.1, 0.15) is 0 Å². The number of carbonyl (C=O) groups is 1. The van der Waals surface area contributed by atoms with Crippen molar-refractivity contribution in [3.8, 4) is 0 Å². The molecule has 1 heterocycles. The number of aryl methyl sites for hydroxylation is 2. The van der Waals surface area contributed by atoms with Crippen molar-refractivity contribution in [3.05, 3.63) is 10.6 Å². The predicted molar refractivity (Wildman–Crippen MR) is 92.7 cm³/mol. The molecule has 2 aliphatic rings. The highest BCUT2D eigenvalue weighted by Crippen LogP contribution is 2.56. The summed E-state index contributed by atoms with van der Waals surface area (Å²) in [5.41, 5.74) is 0.459. The normalized spacial score (nSPS) is 28.6. The van der Waals surface area contributed by atoms with Crippen molar-refractivity contribution in [1.82, 2.24) is 4.98 Å². The Morgan fingerprint density at radius 2 is 2.12 bits per heavy atom. The van der Waals surface area contributed by atoms with Gasteiger partial charge in [-0.2, -0.15) is 0 Å². The number of hydrogen-bond donors (Lipinski definition) is 1. The maximum atomic E-state index is 13.7. The number of nitrogens with zero attached hydrogens (tertiary/aromatic N) is 1. The lowest BCUT2D eigenvalue weighted by Crippen LogP contribution is -2.46. The summed E-state index contributed by atoms with van der Waals surface area (Å²) in [5.74, 6) is -2.88. The predicted octanol–water partition coefficient (Wildman–Crippen LogP) is 5.20. The van der Waals surface area contributed by atoms with Crippen LogP contribution < -0.4 is 5.32 Å². The molecule has 0 bridgehead atoms. The number of anilines is 1. The number of carbonyl (C=O) groups excluding carboxylic acids is 1. The SMILES string of the molecule is CCCc1nc(NC(=O)C23CCCC2CC(F)(F)CC3)sc1CC. The molecular formula is C18H26F2N2OS. The summed E-state index contributed by atoms with van der Waals surface area (Å²) in [4.78, 5) is 18.8. The summed E-state index contributed by atoms with van der Waals surface area (Å²) in [7, 11) is 0. The lowest BCUT2D eigenvalue weighted by molar-refractivity contribution is -0.139.